The molecule has 1 heterocycles. The minimum absolute atomic E-state index is 0.0444. The van der Waals surface area contributed by atoms with Crippen molar-refractivity contribution >= 4 is 11.8 Å². The number of aryl methyl sites for hydroxylation is 1. The van der Waals surface area contributed by atoms with E-state index in [1.807, 2.05) is 0 Å². The number of aromatic nitrogens is 1. The van der Waals surface area contributed by atoms with Crippen molar-refractivity contribution in [3.8, 4) is 0 Å². The monoisotopic (exact) mass is 243 g/mol. The van der Waals surface area contributed by atoms with E-state index in [1.54, 1.807) is 6.92 Å². The van der Waals surface area contributed by atoms with Gasteiger partial charge in [-0.2, -0.15) is 8.78 Å². The summed E-state index contributed by atoms with van der Waals surface area (Å²) in [5.74, 6) is -5.20. The number of carbonyl (C=O) groups is 2. The smallest absolute Gasteiger partial charge is 0.354 e. The average molecular weight is 243 g/mol. The molecule has 92 valence electrons. The third kappa shape index (κ3) is 1.94. The number of hydrogen-bond donors (Lipinski definition) is 1. The molecule has 1 aromatic heterocycles. The predicted octanol–water partition coefficient (Wildman–Crippen LogP) is 1.96. The summed E-state index contributed by atoms with van der Waals surface area (Å²) in [6.45, 7) is 1.83. The highest BCUT2D eigenvalue weighted by Gasteiger charge is 2.44. The summed E-state index contributed by atoms with van der Waals surface area (Å²) in [6.07, 6.45) is -0.477. The first-order chi connectivity index (χ1) is 7.95. The lowest BCUT2D eigenvalue weighted by Gasteiger charge is -2.19. The van der Waals surface area contributed by atoms with Gasteiger partial charge in [0.1, 0.15) is 5.69 Å². The normalized spacial score (nSPS) is 17.7. The van der Waals surface area contributed by atoms with Gasteiger partial charge < -0.3 is 9.72 Å². The summed E-state index contributed by atoms with van der Waals surface area (Å²) < 4.78 is 31.0. The van der Waals surface area contributed by atoms with Gasteiger partial charge in [-0.15, -0.1) is 0 Å². The van der Waals surface area contributed by atoms with Crippen LogP contribution in [-0.4, -0.2) is 29.3 Å². The molecular weight excluding hydrogens is 232 g/mol. The Morgan fingerprint density at radius 2 is 2.29 bits per heavy atom. The van der Waals surface area contributed by atoms with Crippen molar-refractivity contribution < 1.29 is 23.1 Å². The van der Waals surface area contributed by atoms with Crippen LogP contribution in [0.1, 0.15) is 39.9 Å². The van der Waals surface area contributed by atoms with E-state index in [4.69, 9.17) is 4.74 Å². The van der Waals surface area contributed by atoms with E-state index < -0.39 is 24.1 Å². The van der Waals surface area contributed by atoms with Gasteiger partial charge in [0.25, 0.3) is 0 Å². The standard InChI is InChI=1S/C11H11F2NO3/c1-2-17-10(16)8-5-6-7(14-8)3-4-11(12,13)9(6)15/h5,14H,2-4H2,1H3. The fraction of sp³-hybridized carbons (Fsp3) is 0.455. The van der Waals surface area contributed by atoms with Gasteiger partial charge in [-0.1, -0.05) is 0 Å². The zero-order chi connectivity index (χ0) is 12.6. The second-order valence-electron chi connectivity index (χ2n) is 3.83. The Morgan fingerprint density at radius 1 is 1.59 bits per heavy atom. The van der Waals surface area contributed by atoms with Gasteiger partial charge in [-0.3, -0.25) is 4.79 Å². The molecule has 0 saturated heterocycles. The summed E-state index contributed by atoms with van der Waals surface area (Å²) in [4.78, 5) is 25.4. The molecule has 2 rings (SSSR count). The molecule has 0 bridgehead atoms. The maximum atomic E-state index is 13.2. The van der Waals surface area contributed by atoms with E-state index in [-0.39, 0.29) is 24.3 Å². The third-order valence-electron chi connectivity index (χ3n) is 2.66. The van der Waals surface area contributed by atoms with E-state index in [1.165, 1.54) is 0 Å². The van der Waals surface area contributed by atoms with Crippen molar-refractivity contribution in [1.29, 1.82) is 0 Å². The number of hydrogen-bond acceptors (Lipinski definition) is 3. The van der Waals surface area contributed by atoms with E-state index in [2.05, 4.69) is 4.98 Å². The summed E-state index contributed by atoms with van der Waals surface area (Å²) in [6, 6.07) is 1.14. The topological polar surface area (TPSA) is 59.2 Å². The number of aromatic amines is 1. The van der Waals surface area contributed by atoms with Gasteiger partial charge in [-0.25, -0.2) is 4.79 Å². The van der Waals surface area contributed by atoms with Gasteiger partial charge in [0.15, 0.2) is 0 Å². The van der Waals surface area contributed by atoms with Crippen molar-refractivity contribution in [3.05, 3.63) is 23.0 Å². The second kappa shape index (κ2) is 3.94. The second-order valence-corrected chi connectivity index (χ2v) is 3.83. The number of fused-ring (bicyclic) bond motifs is 1. The maximum Gasteiger partial charge on any atom is 0.354 e. The SMILES string of the molecule is CCOC(=O)c1cc2c([nH]1)CCC(F)(F)C2=O. The number of alkyl halides is 2. The summed E-state index contributed by atoms with van der Waals surface area (Å²) in [5.41, 5.74) is 0.316. The number of nitrogens with one attached hydrogen (secondary N) is 1. The van der Waals surface area contributed by atoms with Gasteiger partial charge in [0.2, 0.25) is 5.78 Å². The van der Waals surface area contributed by atoms with Crippen molar-refractivity contribution in [2.45, 2.75) is 25.7 Å². The Bertz CT molecular complexity index is 479. The number of ketones is 1. The van der Waals surface area contributed by atoms with Crippen LogP contribution in [0.3, 0.4) is 0 Å². The predicted molar refractivity (Wildman–Crippen MR) is 54.3 cm³/mol. The molecule has 17 heavy (non-hydrogen) atoms. The summed E-state index contributed by atoms with van der Waals surface area (Å²) >= 11 is 0. The quantitative estimate of drug-likeness (QED) is 0.808. The van der Waals surface area contributed by atoms with Crippen LogP contribution in [0.25, 0.3) is 0 Å². The molecule has 0 saturated carbocycles. The van der Waals surface area contributed by atoms with Crippen LogP contribution in [-0.2, 0) is 11.2 Å². The van der Waals surface area contributed by atoms with Crippen LogP contribution in [0.5, 0.6) is 0 Å². The Morgan fingerprint density at radius 3 is 2.94 bits per heavy atom. The Kier molecular flexibility index (Phi) is 2.73. The number of rotatable bonds is 2. The average Bonchev–Trinajstić information content (AvgIpc) is 2.69. The number of H-pyrrole nitrogens is 1. The summed E-state index contributed by atoms with van der Waals surface area (Å²) in [5, 5.41) is 0. The summed E-state index contributed by atoms with van der Waals surface area (Å²) in [7, 11) is 0. The largest absolute Gasteiger partial charge is 0.461 e. The molecule has 6 heteroatoms. The van der Waals surface area contributed by atoms with Crippen LogP contribution >= 0.6 is 0 Å². The fourth-order valence-corrected chi connectivity index (χ4v) is 1.81. The molecule has 0 spiro atoms. The molecule has 1 aliphatic rings. The first kappa shape index (κ1) is 11.8. The fourth-order valence-electron chi connectivity index (χ4n) is 1.81. The van der Waals surface area contributed by atoms with E-state index in [0.717, 1.165) is 6.07 Å². The lowest BCUT2D eigenvalue weighted by Crippen LogP contribution is -2.33. The highest BCUT2D eigenvalue weighted by molar-refractivity contribution is 6.05. The molecule has 1 aliphatic carbocycles. The number of Topliss-reactive ketones (excluding diaryl/α,β-unsaturated/α-hetero) is 1. The molecule has 0 unspecified atom stereocenters. The van der Waals surface area contributed by atoms with Crippen molar-refractivity contribution in [1.82, 2.24) is 4.98 Å². The minimum atomic E-state index is -3.33. The van der Waals surface area contributed by atoms with Gasteiger partial charge >= 0.3 is 11.9 Å². The molecule has 0 amide bonds. The molecule has 0 aromatic carbocycles. The zero-order valence-electron chi connectivity index (χ0n) is 9.18. The molecule has 0 radical (unpaired) electrons. The number of esters is 1. The number of halogens is 2. The Hall–Kier alpha value is -1.72. The molecule has 0 aliphatic heterocycles. The van der Waals surface area contributed by atoms with Gasteiger partial charge in [-0.05, 0) is 19.4 Å². The van der Waals surface area contributed by atoms with Gasteiger partial charge in [0, 0.05) is 17.7 Å². The lowest BCUT2D eigenvalue weighted by molar-refractivity contribution is 0.00188. The van der Waals surface area contributed by atoms with E-state index >= 15 is 0 Å². The van der Waals surface area contributed by atoms with Crippen LogP contribution in [0.4, 0.5) is 8.78 Å². The van der Waals surface area contributed by atoms with Gasteiger partial charge in [0.05, 0.1) is 6.61 Å². The minimum Gasteiger partial charge on any atom is -0.461 e. The Labute approximate surface area is 96.0 Å². The lowest BCUT2D eigenvalue weighted by atomic mass is 9.93. The molecule has 0 fully saturated rings. The first-order valence-corrected chi connectivity index (χ1v) is 5.27. The molecule has 0 atom stereocenters. The van der Waals surface area contributed by atoms with Crippen molar-refractivity contribution in [2.75, 3.05) is 6.61 Å². The van der Waals surface area contributed by atoms with E-state index in [9.17, 15) is 18.4 Å². The van der Waals surface area contributed by atoms with Crippen LogP contribution in [0.15, 0.2) is 6.07 Å². The first-order valence-electron chi connectivity index (χ1n) is 5.27. The zero-order valence-corrected chi connectivity index (χ0v) is 9.18. The van der Waals surface area contributed by atoms with Crippen LogP contribution in [0.2, 0.25) is 0 Å². The van der Waals surface area contributed by atoms with Crippen molar-refractivity contribution in [3.63, 3.8) is 0 Å². The molecular formula is C11H11F2NO3. The number of carbonyl (C=O) groups excluding carboxylic acids is 2. The molecule has 1 aromatic rings. The van der Waals surface area contributed by atoms with Crippen LogP contribution < -0.4 is 0 Å². The van der Waals surface area contributed by atoms with Crippen molar-refractivity contribution in [2.24, 2.45) is 0 Å². The molecule has 4 nitrogen and oxygen atoms in total. The maximum absolute atomic E-state index is 13.2. The third-order valence-corrected chi connectivity index (χ3v) is 2.66. The molecule has 1 N–H and O–H groups in total. The number of ether oxygens (including phenoxy) is 1. The van der Waals surface area contributed by atoms with E-state index in [0.29, 0.717) is 5.69 Å². The van der Waals surface area contributed by atoms with Crippen LogP contribution in [0, 0.1) is 0 Å². The highest BCUT2D eigenvalue weighted by Crippen LogP contribution is 2.33. The highest BCUT2D eigenvalue weighted by atomic mass is 19.3. The Balaban J connectivity index is 2.34.